The smallest absolute Gasteiger partial charge is 0.310 e. The zero-order chi connectivity index (χ0) is 15.7. The Labute approximate surface area is 121 Å². The van der Waals surface area contributed by atoms with Gasteiger partial charge in [0, 0.05) is 19.2 Å². The minimum absolute atomic E-state index is 0.0446. The van der Waals surface area contributed by atoms with Crippen LogP contribution >= 0.6 is 0 Å². The molecule has 1 aromatic carbocycles. The molecule has 0 aliphatic carbocycles. The van der Waals surface area contributed by atoms with E-state index in [1.54, 1.807) is 13.1 Å². The van der Waals surface area contributed by atoms with Crippen LogP contribution in [0.15, 0.2) is 18.2 Å². The normalized spacial score (nSPS) is 9.71. The standard InChI is InChI=1S/C13H16N4O4/c1-15-8-10-3-4-11(17(19)20)12(7-10)21-9-13(18)16-6-2-5-14/h3-4,7,15H,2,6,8-9H2,1H3,(H,16,18). The van der Waals surface area contributed by atoms with Gasteiger partial charge in [0.25, 0.3) is 5.91 Å². The van der Waals surface area contributed by atoms with Crippen molar-refractivity contribution < 1.29 is 14.5 Å². The molecule has 0 radical (unpaired) electrons. The van der Waals surface area contributed by atoms with Crippen molar-refractivity contribution >= 4 is 11.6 Å². The highest BCUT2D eigenvalue weighted by atomic mass is 16.6. The van der Waals surface area contributed by atoms with Gasteiger partial charge in [0.2, 0.25) is 0 Å². The lowest BCUT2D eigenvalue weighted by molar-refractivity contribution is -0.385. The van der Waals surface area contributed by atoms with E-state index in [-0.39, 0.29) is 31.0 Å². The lowest BCUT2D eigenvalue weighted by atomic mass is 10.2. The van der Waals surface area contributed by atoms with Gasteiger partial charge in [-0.05, 0) is 18.7 Å². The van der Waals surface area contributed by atoms with E-state index in [1.807, 2.05) is 6.07 Å². The second kappa shape index (κ2) is 8.50. The first-order chi connectivity index (χ1) is 10.1. The molecule has 1 aromatic rings. The third-order valence-electron chi connectivity index (χ3n) is 2.52. The Morgan fingerprint density at radius 3 is 2.90 bits per heavy atom. The molecular weight excluding hydrogens is 276 g/mol. The van der Waals surface area contributed by atoms with Gasteiger partial charge in [-0.3, -0.25) is 14.9 Å². The van der Waals surface area contributed by atoms with E-state index in [0.29, 0.717) is 6.54 Å². The molecule has 0 aliphatic rings. The Balaban J connectivity index is 2.71. The SMILES string of the molecule is CNCc1ccc([N+](=O)[O-])c(OCC(=O)NCCC#N)c1. The quantitative estimate of drug-likeness (QED) is 0.414. The second-order valence-electron chi connectivity index (χ2n) is 4.14. The van der Waals surface area contributed by atoms with Crippen molar-refractivity contribution in [1.82, 2.24) is 10.6 Å². The van der Waals surface area contributed by atoms with Crippen LogP contribution in [0.3, 0.4) is 0 Å². The van der Waals surface area contributed by atoms with Crippen LogP contribution in [0.2, 0.25) is 0 Å². The van der Waals surface area contributed by atoms with Gasteiger partial charge < -0.3 is 15.4 Å². The summed E-state index contributed by atoms with van der Waals surface area (Å²) in [6.07, 6.45) is 0.198. The fourth-order valence-electron chi connectivity index (χ4n) is 1.59. The molecule has 0 aromatic heterocycles. The summed E-state index contributed by atoms with van der Waals surface area (Å²) in [6.45, 7) is 0.415. The van der Waals surface area contributed by atoms with Crippen molar-refractivity contribution in [1.29, 1.82) is 5.26 Å². The number of nitro benzene ring substituents is 1. The van der Waals surface area contributed by atoms with E-state index < -0.39 is 10.8 Å². The zero-order valence-corrected chi connectivity index (χ0v) is 11.6. The lowest BCUT2D eigenvalue weighted by Gasteiger charge is -2.08. The number of nitriles is 1. The van der Waals surface area contributed by atoms with E-state index in [0.717, 1.165) is 5.56 Å². The number of rotatable bonds is 8. The summed E-state index contributed by atoms with van der Waals surface area (Å²) in [5.41, 5.74) is 0.614. The van der Waals surface area contributed by atoms with Crippen molar-refractivity contribution in [3.63, 3.8) is 0 Å². The predicted octanol–water partition coefficient (Wildman–Crippen LogP) is 0.723. The van der Waals surface area contributed by atoms with Crippen LogP contribution in [0.5, 0.6) is 5.75 Å². The highest BCUT2D eigenvalue weighted by Crippen LogP contribution is 2.27. The van der Waals surface area contributed by atoms with Crippen LogP contribution in [-0.2, 0) is 11.3 Å². The van der Waals surface area contributed by atoms with Crippen molar-refractivity contribution in [3.8, 4) is 11.8 Å². The summed E-state index contributed by atoms with van der Waals surface area (Å²) in [4.78, 5) is 21.8. The second-order valence-corrected chi connectivity index (χ2v) is 4.14. The number of carbonyl (C=O) groups excluding carboxylic acids is 1. The molecule has 0 atom stereocenters. The maximum absolute atomic E-state index is 11.5. The van der Waals surface area contributed by atoms with Crippen molar-refractivity contribution in [2.24, 2.45) is 0 Å². The molecule has 0 aliphatic heterocycles. The van der Waals surface area contributed by atoms with Gasteiger partial charge in [0.15, 0.2) is 12.4 Å². The molecule has 1 amide bonds. The van der Waals surface area contributed by atoms with E-state index in [2.05, 4.69) is 10.6 Å². The minimum Gasteiger partial charge on any atom is -0.477 e. The average molecular weight is 292 g/mol. The molecule has 1 rings (SSSR count). The molecule has 0 fully saturated rings. The first-order valence-corrected chi connectivity index (χ1v) is 6.27. The fraction of sp³-hybridized carbons (Fsp3) is 0.385. The van der Waals surface area contributed by atoms with Gasteiger partial charge in [-0.15, -0.1) is 0 Å². The number of nitrogens with one attached hydrogen (secondary N) is 2. The molecule has 0 heterocycles. The zero-order valence-electron chi connectivity index (χ0n) is 11.6. The Hall–Kier alpha value is -2.66. The number of carbonyl (C=O) groups is 1. The molecule has 0 unspecified atom stereocenters. The number of benzene rings is 1. The molecule has 112 valence electrons. The van der Waals surface area contributed by atoms with Crippen LogP contribution in [0.1, 0.15) is 12.0 Å². The summed E-state index contributed by atoms with van der Waals surface area (Å²) in [6, 6.07) is 6.38. The van der Waals surface area contributed by atoms with Crippen LogP contribution in [0.4, 0.5) is 5.69 Å². The van der Waals surface area contributed by atoms with Gasteiger partial charge in [-0.2, -0.15) is 5.26 Å². The third kappa shape index (κ3) is 5.46. The fourth-order valence-corrected chi connectivity index (χ4v) is 1.59. The maximum Gasteiger partial charge on any atom is 0.310 e. The Morgan fingerprint density at radius 1 is 1.52 bits per heavy atom. The maximum atomic E-state index is 11.5. The Bertz CT molecular complexity index is 554. The summed E-state index contributed by atoms with van der Waals surface area (Å²) in [7, 11) is 1.75. The van der Waals surface area contributed by atoms with Crippen LogP contribution in [-0.4, -0.2) is 31.0 Å². The van der Waals surface area contributed by atoms with Crippen LogP contribution in [0.25, 0.3) is 0 Å². The molecule has 8 nitrogen and oxygen atoms in total. The van der Waals surface area contributed by atoms with Crippen LogP contribution in [0, 0.1) is 21.4 Å². The van der Waals surface area contributed by atoms with Gasteiger partial charge in [-0.25, -0.2) is 0 Å². The van der Waals surface area contributed by atoms with Crippen LogP contribution < -0.4 is 15.4 Å². The number of ether oxygens (including phenoxy) is 1. The summed E-state index contributed by atoms with van der Waals surface area (Å²) >= 11 is 0. The summed E-state index contributed by atoms with van der Waals surface area (Å²) in [5, 5.41) is 24.7. The number of hydrogen-bond donors (Lipinski definition) is 2. The van der Waals surface area contributed by atoms with E-state index in [4.69, 9.17) is 10.00 Å². The van der Waals surface area contributed by atoms with Crippen molar-refractivity contribution in [2.45, 2.75) is 13.0 Å². The van der Waals surface area contributed by atoms with E-state index >= 15 is 0 Å². The van der Waals surface area contributed by atoms with E-state index in [1.165, 1.54) is 12.1 Å². The molecule has 2 N–H and O–H groups in total. The third-order valence-corrected chi connectivity index (χ3v) is 2.52. The van der Waals surface area contributed by atoms with Crippen molar-refractivity contribution in [3.05, 3.63) is 33.9 Å². The highest BCUT2D eigenvalue weighted by Gasteiger charge is 2.16. The number of nitrogens with zero attached hydrogens (tertiary/aromatic N) is 2. The molecule has 0 bridgehead atoms. The lowest BCUT2D eigenvalue weighted by Crippen LogP contribution is -2.29. The number of hydrogen-bond acceptors (Lipinski definition) is 6. The Morgan fingerprint density at radius 2 is 2.29 bits per heavy atom. The molecule has 21 heavy (non-hydrogen) atoms. The van der Waals surface area contributed by atoms with Gasteiger partial charge >= 0.3 is 5.69 Å². The molecular formula is C13H16N4O4. The molecule has 8 heteroatoms. The monoisotopic (exact) mass is 292 g/mol. The molecule has 0 spiro atoms. The minimum atomic E-state index is -0.563. The largest absolute Gasteiger partial charge is 0.477 e. The number of amides is 1. The average Bonchev–Trinajstić information content (AvgIpc) is 2.45. The van der Waals surface area contributed by atoms with Crippen molar-refractivity contribution in [2.75, 3.05) is 20.2 Å². The first kappa shape index (κ1) is 16.4. The summed E-state index contributed by atoms with van der Waals surface area (Å²) in [5.74, 6) is -0.387. The van der Waals surface area contributed by atoms with Gasteiger partial charge in [0.1, 0.15) is 0 Å². The topological polar surface area (TPSA) is 117 Å². The predicted molar refractivity (Wildman–Crippen MR) is 74.6 cm³/mol. The highest BCUT2D eigenvalue weighted by molar-refractivity contribution is 5.77. The number of nitro groups is 1. The van der Waals surface area contributed by atoms with Gasteiger partial charge in [0.05, 0.1) is 17.4 Å². The molecule has 0 saturated heterocycles. The molecule has 0 saturated carbocycles. The van der Waals surface area contributed by atoms with Gasteiger partial charge in [-0.1, -0.05) is 6.07 Å². The first-order valence-electron chi connectivity index (χ1n) is 6.27. The summed E-state index contributed by atoms with van der Waals surface area (Å²) < 4.78 is 5.21. The Kier molecular flexibility index (Phi) is 6.63. The van der Waals surface area contributed by atoms with E-state index in [9.17, 15) is 14.9 Å².